The number of aliphatic carboxylic acids is 2. The first-order valence-corrected chi connectivity index (χ1v) is 5.02. The number of carboxylic acid groups (broad SMARTS) is 2. The second-order valence-electron chi connectivity index (χ2n) is 3.74. The number of carbonyl (C=O) groups is 2. The van der Waals surface area contributed by atoms with Crippen LogP contribution in [0.5, 0.6) is 0 Å². The van der Waals surface area contributed by atoms with Crippen LogP contribution in [0.15, 0.2) is 30.3 Å². The Morgan fingerprint density at radius 2 is 1.75 bits per heavy atom. The molecule has 0 aliphatic carbocycles. The Morgan fingerprint density at radius 1 is 1.19 bits per heavy atom. The van der Waals surface area contributed by atoms with Crippen LogP contribution in [0.1, 0.15) is 24.8 Å². The number of rotatable bonds is 5. The maximum atomic E-state index is 11.0. The second-order valence-corrected chi connectivity index (χ2v) is 3.74. The largest absolute Gasteiger partial charge is 0.481 e. The molecule has 0 spiro atoms. The summed E-state index contributed by atoms with van der Waals surface area (Å²) >= 11 is 0. The molecule has 0 amide bonds. The summed E-state index contributed by atoms with van der Waals surface area (Å²) in [5, 5.41) is 17.7. The molecule has 4 nitrogen and oxygen atoms in total. The Hall–Kier alpha value is -1.84. The zero-order chi connectivity index (χ0) is 12.1. The summed E-state index contributed by atoms with van der Waals surface area (Å²) in [5.74, 6) is -3.36. The molecule has 0 aliphatic rings. The minimum atomic E-state index is -1.09. The predicted octanol–water partition coefficient (Wildman–Crippen LogP) is 1.97. The van der Waals surface area contributed by atoms with Crippen molar-refractivity contribution >= 4 is 11.9 Å². The van der Waals surface area contributed by atoms with Gasteiger partial charge >= 0.3 is 11.9 Å². The lowest BCUT2D eigenvalue weighted by molar-refractivity contribution is -0.149. The molecule has 0 aliphatic heterocycles. The van der Waals surface area contributed by atoms with Crippen molar-refractivity contribution in [3.63, 3.8) is 0 Å². The van der Waals surface area contributed by atoms with Gasteiger partial charge in [0.2, 0.25) is 0 Å². The van der Waals surface area contributed by atoms with Crippen molar-refractivity contribution in [3.8, 4) is 0 Å². The molecule has 2 atom stereocenters. The molecule has 0 bridgehead atoms. The van der Waals surface area contributed by atoms with Crippen LogP contribution >= 0.6 is 0 Å². The summed E-state index contributed by atoms with van der Waals surface area (Å²) in [6.45, 7) is 1.73. The average molecular weight is 222 g/mol. The lowest BCUT2D eigenvalue weighted by atomic mass is 9.85. The van der Waals surface area contributed by atoms with E-state index in [1.165, 1.54) is 0 Å². The first kappa shape index (κ1) is 12.2. The SMILES string of the molecule is C[C@H](c1ccccc1)[C@@H](CC(=O)O)C(=O)O. The summed E-state index contributed by atoms with van der Waals surface area (Å²) in [5.41, 5.74) is 0.844. The van der Waals surface area contributed by atoms with Crippen molar-refractivity contribution in [3.05, 3.63) is 35.9 Å². The van der Waals surface area contributed by atoms with E-state index in [-0.39, 0.29) is 12.3 Å². The highest BCUT2D eigenvalue weighted by atomic mass is 16.4. The Bertz CT molecular complexity index is 372. The molecule has 0 saturated heterocycles. The molecule has 0 radical (unpaired) electrons. The van der Waals surface area contributed by atoms with Gasteiger partial charge in [-0.15, -0.1) is 0 Å². The average Bonchev–Trinajstić information content (AvgIpc) is 2.25. The first-order valence-electron chi connectivity index (χ1n) is 5.02. The molecule has 0 heterocycles. The third kappa shape index (κ3) is 3.08. The standard InChI is InChI=1S/C12H14O4/c1-8(9-5-3-2-4-6-9)10(12(15)16)7-11(13)14/h2-6,8,10H,7H2,1H3,(H,13,14)(H,15,16)/t8-,10-/m1/s1. The zero-order valence-electron chi connectivity index (χ0n) is 8.96. The normalized spacial score (nSPS) is 14.1. The van der Waals surface area contributed by atoms with Gasteiger partial charge in [-0.3, -0.25) is 9.59 Å². The Morgan fingerprint density at radius 3 is 2.19 bits per heavy atom. The molecule has 86 valence electrons. The Labute approximate surface area is 93.5 Å². The lowest BCUT2D eigenvalue weighted by Gasteiger charge is -2.18. The zero-order valence-corrected chi connectivity index (χ0v) is 8.96. The van der Waals surface area contributed by atoms with E-state index in [0.29, 0.717) is 0 Å². The van der Waals surface area contributed by atoms with Crippen molar-refractivity contribution < 1.29 is 19.8 Å². The molecular formula is C12H14O4. The maximum Gasteiger partial charge on any atom is 0.307 e. The van der Waals surface area contributed by atoms with Gasteiger partial charge in [-0.05, 0) is 11.5 Å². The van der Waals surface area contributed by atoms with Gasteiger partial charge in [0.15, 0.2) is 0 Å². The van der Waals surface area contributed by atoms with E-state index in [2.05, 4.69) is 0 Å². The van der Waals surface area contributed by atoms with E-state index in [0.717, 1.165) is 5.56 Å². The maximum absolute atomic E-state index is 11.0. The fourth-order valence-electron chi connectivity index (χ4n) is 1.65. The highest BCUT2D eigenvalue weighted by Crippen LogP contribution is 2.26. The van der Waals surface area contributed by atoms with Crippen molar-refractivity contribution in [2.75, 3.05) is 0 Å². The van der Waals surface area contributed by atoms with Crippen molar-refractivity contribution in [2.45, 2.75) is 19.3 Å². The van der Waals surface area contributed by atoms with Crippen LogP contribution in [0.3, 0.4) is 0 Å². The summed E-state index contributed by atoms with van der Waals surface area (Å²) in [7, 11) is 0. The van der Waals surface area contributed by atoms with E-state index in [9.17, 15) is 9.59 Å². The van der Waals surface area contributed by atoms with Crippen LogP contribution in [0.4, 0.5) is 0 Å². The van der Waals surface area contributed by atoms with E-state index in [4.69, 9.17) is 10.2 Å². The highest BCUT2D eigenvalue weighted by molar-refractivity contribution is 5.78. The third-order valence-electron chi connectivity index (χ3n) is 2.64. The van der Waals surface area contributed by atoms with Crippen LogP contribution in [0, 0.1) is 5.92 Å². The van der Waals surface area contributed by atoms with E-state index in [1.54, 1.807) is 6.92 Å². The summed E-state index contributed by atoms with van der Waals surface area (Å²) in [6, 6.07) is 9.07. The molecule has 4 heteroatoms. The molecule has 1 rings (SSSR count). The number of benzene rings is 1. The summed E-state index contributed by atoms with van der Waals surface area (Å²) in [6.07, 6.45) is -0.356. The van der Waals surface area contributed by atoms with Gasteiger partial charge in [-0.1, -0.05) is 37.3 Å². The fourth-order valence-corrected chi connectivity index (χ4v) is 1.65. The van der Waals surface area contributed by atoms with Gasteiger partial charge in [-0.25, -0.2) is 0 Å². The number of hydrogen-bond acceptors (Lipinski definition) is 2. The number of hydrogen-bond donors (Lipinski definition) is 2. The van der Waals surface area contributed by atoms with Crippen LogP contribution in [0.25, 0.3) is 0 Å². The summed E-state index contributed by atoms with van der Waals surface area (Å²) < 4.78 is 0. The number of carboxylic acids is 2. The van der Waals surface area contributed by atoms with E-state index < -0.39 is 17.9 Å². The Balaban J connectivity index is 2.87. The quantitative estimate of drug-likeness (QED) is 0.798. The third-order valence-corrected chi connectivity index (χ3v) is 2.64. The van der Waals surface area contributed by atoms with E-state index in [1.807, 2.05) is 30.3 Å². The van der Waals surface area contributed by atoms with Gasteiger partial charge in [-0.2, -0.15) is 0 Å². The van der Waals surface area contributed by atoms with Crippen LogP contribution < -0.4 is 0 Å². The minimum absolute atomic E-state index is 0.310. The smallest absolute Gasteiger partial charge is 0.307 e. The van der Waals surface area contributed by atoms with Crippen molar-refractivity contribution in [2.24, 2.45) is 5.92 Å². The van der Waals surface area contributed by atoms with Crippen molar-refractivity contribution in [1.29, 1.82) is 0 Å². The van der Waals surface area contributed by atoms with E-state index >= 15 is 0 Å². The highest BCUT2D eigenvalue weighted by Gasteiger charge is 2.28. The second kappa shape index (κ2) is 5.30. The van der Waals surface area contributed by atoms with Gasteiger partial charge < -0.3 is 10.2 Å². The molecule has 0 fully saturated rings. The predicted molar refractivity (Wildman–Crippen MR) is 58.2 cm³/mol. The lowest BCUT2D eigenvalue weighted by Crippen LogP contribution is -2.23. The van der Waals surface area contributed by atoms with Gasteiger partial charge in [0.25, 0.3) is 0 Å². The van der Waals surface area contributed by atoms with Gasteiger partial charge in [0.1, 0.15) is 0 Å². The summed E-state index contributed by atoms with van der Waals surface area (Å²) in [4.78, 5) is 21.6. The molecule has 0 unspecified atom stereocenters. The molecule has 16 heavy (non-hydrogen) atoms. The van der Waals surface area contributed by atoms with Crippen molar-refractivity contribution in [1.82, 2.24) is 0 Å². The minimum Gasteiger partial charge on any atom is -0.481 e. The molecule has 1 aromatic carbocycles. The molecule has 0 saturated carbocycles. The molecule has 2 N–H and O–H groups in total. The molecule has 0 aromatic heterocycles. The first-order chi connectivity index (χ1) is 7.52. The van der Waals surface area contributed by atoms with Crippen LogP contribution in [-0.2, 0) is 9.59 Å². The Kier molecular flexibility index (Phi) is 4.05. The molecule has 1 aromatic rings. The van der Waals surface area contributed by atoms with Crippen LogP contribution in [0.2, 0.25) is 0 Å². The van der Waals surface area contributed by atoms with Crippen LogP contribution in [-0.4, -0.2) is 22.2 Å². The van der Waals surface area contributed by atoms with Gasteiger partial charge in [0, 0.05) is 0 Å². The van der Waals surface area contributed by atoms with Gasteiger partial charge in [0.05, 0.1) is 12.3 Å². The topological polar surface area (TPSA) is 74.6 Å². The molecular weight excluding hydrogens is 208 g/mol. The fraction of sp³-hybridized carbons (Fsp3) is 0.333. The monoisotopic (exact) mass is 222 g/mol.